The van der Waals surface area contributed by atoms with Crippen molar-refractivity contribution in [1.82, 2.24) is 0 Å². The van der Waals surface area contributed by atoms with Gasteiger partial charge in [-0.15, -0.1) is 0 Å². The molecule has 4 nitrogen and oxygen atoms in total. The van der Waals surface area contributed by atoms with Crippen LogP contribution in [0.15, 0.2) is 12.1 Å². The second-order valence-electron chi connectivity index (χ2n) is 3.63. The lowest BCUT2D eigenvalue weighted by Gasteiger charge is -2.17. The first-order chi connectivity index (χ1) is 7.74. The van der Waals surface area contributed by atoms with Crippen LogP contribution >= 0.6 is 11.6 Å². The maximum atomic E-state index is 9.10. The monoisotopic (exact) mass is 243 g/mol. The van der Waals surface area contributed by atoms with Gasteiger partial charge >= 0.3 is 0 Å². The quantitative estimate of drug-likeness (QED) is 0.826. The highest BCUT2D eigenvalue weighted by molar-refractivity contribution is 6.31. The summed E-state index contributed by atoms with van der Waals surface area (Å²) in [6.07, 6.45) is 0.820. The molecule has 16 heavy (non-hydrogen) atoms. The minimum atomic E-state index is -0.552. The molecular formula is C11H14ClNO3. The molecule has 1 heterocycles. The van der Waals surface area contributed by atoms with Crippen LogP contribution in [0.4, 0.5) is 0 Å². The Balaban J connectivity index is 2.48. The van der Waals surface area contributed by atoms with Crippen molar-refractivity contribution in [2.75, 3.05) is 19.8 Å². The number of aliphatic hydroxyl groups is 1. The van der Waals surface area contributed by atoms with Gasteiger partial charge in [0, 0.05) is 17.0 Å². The van der Waals surface area contributed by atoms with E-state index in [9.17, 15) is 0 Å². The Kier molecular flexibility index (Phi) is 3.53. The van der Waals surface area contributed by atoms with Crippen molar-refractivity contribution in [3.8, 4) is 11.5 Å². The molecule has 0 aromatic heterocycles. The topological polar surface area (TPSA) is 64.7 Å². The molecule has 1 aliphatic rings. The molecule has 0 fully saturated rings. The summed E-state index contributed by atoms with van der Waals surface area (Å²) in [5, 5.41) is 9.60. The molecule has 2 rings (SSSR count). The highest BCUT2D eigenvalue weighted by atomic mass is 35.5. The summed E-state index contributed by atoms with van der Waals surface area (Å²) in [5.74, 6) is 1.20. The Bertz CT molecular complexity index is 384. The molecule has 1 aliphatic heterocycles. The largest absolute Gasteiger partial charge is 0.490 e. The predicted octanol–water partition coefficient (Wildman–Crippen LogP) is 1.49. The number of ether oxygens (including phenoxy) is 2. The minimum Gasteiger partial charge on any atom is -0.490 e. The van der Waals surface area contributed by atoms with E-state index in [0.717, 1.165) is 6.42 Å². The summed E-state index contributed by atoms with van der Waals surface area (Å²) in [6.45, 7) is 1.00. The molecule has 0 saturated heterocycles. The highest BCUT2D eigenvalue weighted by Crippen LogP contribution is 2.40. The van der Waals surface area contributed by atoms with Crippen LogP contribution in [-0.2, 0) is 0 Å². The Labute approximate surface area is 98.9 Å². The molecule has 1 aromatic rings. The summed E-state index contributed by atoms with van der Waals surface area (Å²) in [6, 6.07) is 2.92. The van der Waals surface area contributed by atoms with Crippen molar-refractivity contribution in [2.24, 2.45) is 5.73 Å². The fourth-order valence-electron chi connectivity index (χ4n) is 1.67. The Morgan fingerprint density at radius 2 is 2.12 bits per heavy atom. The third kappa shape index (κ3) is 2.09. The van der Waals surface area contributed by atoms with Crippen molar-refractivity contribution < 1.29 is 14.6 Å². The van der Waals surface area contributed by atoms with E-state index >= 15 is 0 Å². The van der Waals surface area contributed by atoms with Gasteiger partial charge in [0.25, 0.3) is 0 Å². The zero-order valence-corrected chi connectivity index (χ0v) is 9.54. The van der Waals surface area contributed by atoms with E-state index in [0.29, 0.717) is 35.3 Å². The van der Waals surface area contributed by atoms with Gasteiger partial charge in [-0.25, -0.2) is 0 Å². The molecular weight excluding hydrogens is 230 g/mol. The first-order valence-corrected chi connectivity index (χ1v) is 5.56. The van der Waals surface area contributed by atoms with Crippen molar-refractivity contribution in [3.05, 3.63) is 22.7 Å². The number of hydrogen-bond acceptors (Lipinski definition) is 4. The Morgan fingerprint density at radius 3 is 2.88 bits per heavy atom. The molecule has 3 N–H and O–H groups in total. The lowest BCUT2D eigenvalue weighted by molar-refractivity contribution is 0.260. The standard InChI is InChI=1S/C11H14ClNO3/c12-7-2-3-9-11(10(7)8(13)6-14)16-5-1-4-15-9/h2-3,8,14H,1,4-6,13H2. The van der Waals surface area contributed by atoms with Gasteiger partial charge in [-0.1, -0.05) is 11.6 Å². The zero-order chi connectivity index (χ0) is 11.5. The van der Waals surface area contributed by atoms with Crippen LogP contribution in [0.3, 0.4) is 0 Å². The van der Waals surface area contributed by atoms with Gasteiger partial charge in [0.05, 0.1) is 25.9 Å². The van der Waals surface area contributed by atoms with Crippen molar-refractivity contribution in [2.45, 2.75) is 12.5 Å². The number of nitrogens with two attached hydrogens (primary N) is 1. The third-order valence-corrected chi connectivity index (χ3v) is 2.80. The molecule has 88 valence electrons. The number of aliphatic hydroxyl groups excluding tert-OH is 1. The second kappa shape index (κ2) is 4.91. The maximum absolute atomic E-state index is 9.10. The molecule has 0 amide bonds. The van der Waals surface area contributed by atoms with Crippen LogP contribution in [0.1, 0.15) is 18.0 Å². The van der Waals surface area contributed by atoms with Crippen LogP contribution in [0.25, 0.3) is 0 Å². The van der Waals surface area contributed by atoms with Gasteiger partial charge in [0.15, 0.2) is 11.5 Å². The van der Waals surface area contributed by atoms with Gasteiger partial charge in [-0.05, 0) is 12.1 Å². The van der Waals surface area contributed by atoms with Crippen LogP contribution in [-0.4, -0.2) is 24.9 Å². The molecule has 0 bridgehead atoms. The van der Waals surface area contributed by atoms with E-state index < -0.39 is 6.04 Å². The minimum absolute atomic E-state index is 0.181. The van der Waals surface area contributed by atoms with Gasteiger partial charge < -0.3 is 20.3 Å². The Hall–Kier alpha value is -0.970. The van der Waals surface area contributed by atoms with Gasteiger partial charge in [0.2, 0.25) is 0 Å². The van der Waals surface area contributed by atoms with E-state index in [1.807, 2.05) is 0 Å². The van der Waals surface area contributed by atoms with Gasteiger partial charge in [-0.3, -0.25) is 0 Å². The van der Waals surface area contributed by atoms with Crippen molar-refractivity contribution in [1.29, 1.82) is 0 Å². The smallest absolute Gasteiger partial charge is 0.167 e. The summed E-state index contributed by atoms with van der Waals surface area (Å²) >= 11 is 6.06. The van der Waals surface area contributed by atoms with E-state index in [1.54, 1.807) is 12.1 Å². The molecule has 1 atom stereocenters. The molecule has 0 saturated carbocycles. The Morgan fingerprint density at radius 1 is 1.38 bits per heavy atom. The fourth-order valence-corrected chi connectivity index (χ4v) is 1.96. The van der Waals surface area contributed by atoms with Gasteiger partial charge in [0.1, 0.15) is 0 Å². The van der Waals surface area contributed by atoms with E-state index in [4.69, 9.17) is 31.9 Å². The lowest BCUT2D eigenvalue weighted by atomic mass is 10.1. The number of rotatable bonds is 2. The molecule has 1 aromatic carbocycles. The van der Waals surface area contributed by atoms with Crippen LogP contribution < -0.4 is 15.2 Å². The van der Waals surface area contributed by atoms with Crippen LogP contribution in [0, 0.1) is 0 Å². The molecule has 0 spiro atoms. The average Bonchev–Trinajstić information content (AvgIpc) is 2.53. The predicted molar refractivity (Wildman–Crippen MR) is 61.1 cm³/mol. The number of fused-ring (bicyclic) bond motifs is 1. The summed E-state index contributed by atoms with van der Waals surface area (Å²) in [7, 11) is 0. The molecule has 5 heteroatoms. The molecule has 1 unspecified atom stereocenters. The lowest BCUT2D eigenvalue weighted by Crippen LogP contribution is -2.16. The van der Waals surface area contributed by atoms with E-state index in [1.165, 1.54) is 0 Å². The number of halogens is 1. The van der Waals surface area contributed by atoms with Crippen LogP contribution in [0.5, 0.6) is 11.5 Å². The fraction of sp³-hybridized carbons (Fsp3) is 0.455. The summed E-state index contributed by atoms with van der Waals surface area (Å²) < 4.78 is 11.1. The number of hydrogen-bond donors (Lipinski definition) is 2. The van der Waals surface area contributed by atoms with E-state index in [2.05, 4.69) is 0 Å². The second-order valence-corrected chi connectivity index (χ2v) is 4.04. The highest BCUT2D eigenvalue weighted by Gasteiger charge is 2.21. The maximum Gasteiger partial charge on any atom is 0.167 e. The molecule has 0 radical (unpaired) electrons. The SMILES string of the molecule is NC(CO)c1c(Cl)ccc2c1OCCCO2. The third-order valence-electron chi connectivity index (χ3n) is 2.47. The normalized spacial score (nSPS) is 16.7. The van der Waals surface area contributed by atoms with Crippen molar-refractivity contribution in [3.63, 3.8) is 0 Å². The molecule has 0 aliphatic carbocycles. The number of benzene rings is 1. The first kappa shape index (κ1) is 11.5. The van der Waals surface area contributed by atoms with Gasteiger partial charge in [-0.2, -0.15) is 0 Å². The van der Waals surface area contributed by atoms with E-state index in [-0.39, 0.29) is 6.61 Å². The van der Waals surface area contributed by atoms with Crippen molar-refractivity contribution >= 4 is 11.6 Å². The van der Waals surface area contributed by atoms with Crippen LogP contribution in [0.2, 0.25) is 5.02 Å². The summed E-state index contributed by atoms with van der Waals surface area (Å²) in [4.78, 5) is 0. The summed E-state index contributed by atoms with van der Waals surface area (Å²) in [5.41, 5.74) is 6.41. The average molecular weight is 244 g/mol. The first-order valence-electron chi connectivity index (χ1n) is 5.18. The zero-order valence-electron chi connectivity index (χ0n) is 8.78.